The summed E-state index contributed by atoms with van der Waals surface area (Å²) in [6.07, 6.45) is 0.713. The number of benzene rings is 2. The Morgan fingerprint density at radius 1 is 1.11 bits per heavy atom. The van der Waals surface area contributed by atoms with Gasteiger partial charge in [0.25, 0.3) is 0 Å². The first-order valence-electron chi connectivity index (χ1n) is 9.18. The molecule has 144 valence electrons. The lowest BCUT2D eigenvalue weighted by atomic mass is 9.97. The topological polar surface area (TPSA) is 49.4 Å². The van der Waals surface area contributed by atoms with Crippen LogP contribution in [-0.2, 0) is 16.0 Å². The molecule has 1 N–H and O–H groups in total. The number of hydrogen-bond acceptors (Lipinski definition) is 2. The molecule has 2 aromatic carbocycles. The molecule has 0 spiro atoms. The predicted octanol–water partition coefficient (Wildman–Crippen LogP) is 4.48. The molecule has 0 aliphatic heterocycles. The summed E-state index contributed by atoms with van der Waals surface area (Å²) in [4.78, 5) is 26.3. The molecule has 0 aromatic heterocycles. The van der Waals surface area contributed by atoms with Gasteiger partial charge in [-0.1, -0.05) is 55.8 Å². The Balaban J connectivity index is 2.05. The number of anilines is 1. The molecule has 27 heavy (non-hydrogen) atoms. The highest BCUT2D eigenvalue weighted by Gasteiger charge is 2.21. The number of halogens is 1. The molecule has 4 nitrogen and oxygen atoms in total. The van der Waals surface area contributed by atoms with E-state index < -0.39 is 0 Å². The minimum absolute atomic E-state index is 0.0144. The molecule has 0 heterocycles. The summed E-state index contributed by atoms with van der Waals surface area (Å²) >= 11 is 5.88. The Bertz CT molecular complexity index is 800. The second kappa shape index (κ2) is 9.56. The number of nitrogens with one attached hydrogen (secondary N) is 1. The SMILES string of the molecule is CC(=O)N(CC(=O)NCCc1ccc(Cl)cc1)c1c(C)cccc1C(C)C. The Hall–Kier alpha value is -2.33. The van der Waals surface area contributed by atoms with Gasteiger partial charge in [0, 0.05) is 18.5 Å². The molecule has 2 aromatic rings. The summed E-state index contributed by atoms with van der Waals surface area (Å²) in [5.41, 5.74) is 4.00. The van der Waals surface area contributed by atoms with E-state index in [1.165, 1.54) is 6.92 Å². The fourth-order valence-electron chi connectivity index (χ4n) is 3.06. The lowest BCUT2D eigenvalue weighted by molar-refractivity contribution is -0.123. The van der Waals surface area contributed by atoms with Crippen LogP contribution >= 0.6 is 11.6 Å². The van der Waals surface area contributed by atoms with Crippen molar-refractivity contribution >= 4 is 29.1 Å². The van der Waals surface area contributed by atoms with Crippen LogP contribution in [0.25, 0.3) is 0 Å². The smallest absolute Gasteiger partial charge is 0.240 e. The standard InChI is InChI=1S/C22H27ClN2O2/c1-15(2)20-7-5-6-16(3)22(20)25(17(4)26)14-21(27)24-13-12-18-8-10-19(23)11-9-18/h5-11,15H,12-14H2,1-4H3,(H,24,27). The van der Waals surface area contributed by atoms with E-state index in [2.05, 4.69) is 19.2 Å². The van der Waals surface area contributed by atoms with Crippen molar-refractivity contribution in [2.75, 3.05) is 18.0 Å². The molecule has 0 saturated carbocycles. The van der Waals surface area contributed by atoms with Crippen molar-refractivity contribution in [3.8, 4) is 0 Å². The van der Waals surface area contributed by atoms with Gasteiger partial charge in [-0.05, 0) is 48.1 Å². The third-order valence-corrected chi connectivity index (χ3v) is 4.74. The van der Waals surface area contributed by atoms with Crippen LogP contribution in [-0.4, -0.2) is 24.9 Å². The van der Waals surface area contributed by atoms with Gasteiger partial charge in [-0.2, -0.15) is 0 Å². The van der Waals surface area contributed by atoms with E-state index in [1.54, 1.807) is 4.90 Å². The van der Waals surface area contributed by atoms with Crippen molar-refractivity contribution in [2.45, 2.75) is 40.0 Å². The third kappa shape index (κ3) is 5.83. The van der Waals surface area contributed by atoms with Gasteiger partial charge in [-0.3, -0.25) is 9.59 Å². The minimum atomic E-state index is -0.169. The lowest BCUT2D eigenvalue weighted by Crippen LogP contribution is -2.41. The minimum Gasteiger partial charge on any atom is -0.354 e. The number of para-hydroxylation sites is 1. The Morgan fingerprint density at radius 2 is 1.78 bits per heavy atom. The molecule has 2 amide bonds. The average molecular weight is 387 g/mol. The van der Waals surface area contributed by atoms with Crippen LogP contribution in [0.2, 0.25) is 5.02 Å². The number of carbonyl (C=O) groups excluding carboxylic acids is 2. The lowest BCUT2D eigenvalue weighted by Gasteiger charge is -2.27. The molecule has 0 unspecified atom stereocenters. The van der Waals surface area contributed by atoms with E-state index in [9.17, 15) is 9.59 Å². The summed E-state index contributed by atoms with van der Waals surface area (Å²) in [7, 11) is 0. The summed E-state index contributed by atoms with van der Waals surface area (Å²) in [5.74, 6) is -0.0501. The Kier molecular flexibility index (Phi) is 7.43. The van der Waals surface area contributed by atoms with Crippen LogP contribution in [0.3, 0.4) is 0 Å². The van der Waals surface area contributed by atoms with Crippen molar-refractivity contribution < 1.29 is 9.59 Å². The number of hydrogen-bond donors (Lipinski definition) is 1. The van der Waals surface area contributed by atoms with Crippen LogP contribution < -0.4 is 10.2 Å². The van der Waals surface area contributed by atoms with Crippen LogP contribution in [0.5, 0.6) is 0 Å². The zero-order valence-electron chi connectivity index (χ0n) is 16.4. The fourth-order valence-corrected chi connectivity index (χ4v) is 3.19. The maximum atomic E-state index is 12.4. The number of rotatable bonds is 7. The predicted molar refractivity (Wildman–Crippen MR) is 111 cm³/mol. The van der Waals surface area contributed by atoms with Crippen LogP contribution in [0.15, 0.2) is 42.5 Å². The summed E-state index contributed by atoms with van der Waals surface area (Å²) < 4.78 is 0. The summed E-state index contributed by atoms with van der Waals surface area (Å²) in [5, 5.41) is 3.60. The normalized spacial score (nSPS) is 10.7. The van der Waals surface area contributed by atoms with E-state index in [0.717, 1.165) is 22.4 Å². The summed E-state index contributed by atoms with van der Waals surface area (Å²) in [6, 6.07) is 13.5. The highest BCUT2D eigenvalue weighted by molar-refractivity contribution is 6.30. The van der Waals surface area contributed by atoms with Gasteiger partial charge in [0.05, 0.1) is 5.69 Å². The first kappa shape index (κ1) is 21.0. The molecule has 0 fully saturated rings. The maximum Gasteiger partial charge on any atom is 0.240 e. The average Bonchev–Trinajstić information content (AvgIpc) is 2.61. The molecule has 0 aliphatic carbocycles. The van der Waals surface area contributed by atoms with Crippen LogP contribution in [0, 0.1) is 6.92 Å². The van der Waals surface area contributed by atoms with Gasteiger partial charge >= 0.3 is 0 Å². The molecule has 0 aliphatic rings. The molecule has 0 radical (unpaired) electrons. The van der Waals surface area contributed by atoms with E-state index in [1.807, 2.05) is 49.4 Å². The van der Waals surface area contributed by atoms with Gasteiger partial charge in [0.2, 0.25) is 11.8 Å². The third-order valence-electron chi connectivity index (χ3n) is 4.49. The Morgan fingerprint density at radius 3 is 2.37 bits per heavy atom. The van der Waals surface area contributed by atoms with E-state index >= 15 is 0 Å². The summed E-state index contributed by atoms with van der Waals surface area (Å²) in [6.45, 7) is 8.16. The van der Waals surface area contributed by atoms with Gasteiger partial charge in [-0.15, -0.1) is 0 Å². The Labute approximate surface area is 166 Å². The highest BCUT2D eigenvalue weighted by atomic mass is 35.5. The van der Waals surface area contributed by atoms with Crippen molar-refractivity contribution in [3.63, 3.8) is 0 Å². The number of carbonyl (C=O) groups is 2. The van der Waals surface area contributed by atoms with Crippen LogP contribution in [0.1, 0.15) is 43.4 Å². The van der Waals surface area contributed by atoms with Gasteiger partial charge < -0.3 is 10.2 Å². The van der Waals surface area contributed by atoms with Crippen molar-refractivity contribution in [3.05, 3.63) is 64.2 Å². The largest absolute Gasteiger partial charge is 0.354 e. The second-order valence-corrected chi connectivity index (χ2v) is 7.44. The van der Waals surface area contributed by atoms with Crippen molar-refractivity contribution in [1.29, 1.82) is 0 Å². The quantitative estimate of drug-likeness (QED) is 0.762. The fraction of sp³-hybridized carbons (Fsp3) is 0.364. The monoisotopic (exact) mass is 386 g/mol. The first-order chi connectivity index (χ1) is 12.8. The molecule has 0 atom stereocenters. The number of amides is 2. The zero-order valence-corrected chi connectivity index (χ0v) is 17.1. The number of nitrogens with zero attached hydrogens (tertiary/aromatic N) is 1. The van der Waals surface area contributed by atoms with Gasteiger partial charge in [-0.25, -0.2) is 0 Å². The number of aryl methyl sites for hydroxylation is 1. The van der Waals surface area contributed by atoms with E-state index in [0.29, 0.717) is 18.0 Å². The second-order valence-electron chi connectivity index (χ2n) is 7.00. The molecular weight excluding hydrogens is 360 g/mol. The molecule has 5 heteroatoms. The molecule has 0 bridgehead atoms. The maximum absolute atomic E-state index is 12.4. The van der Waals surface area contributed by atoms with Gasteiger partial charge in [0.15, 0.2) is 0 Å². The van der Waals surface area contributed by atoms with Crippen molar-refractivity contribution in [2.24, 2.45) is 0 Å². The molecule has 2 rings (SSSR count). The van der Waals surface area contributed by atoms with Crippen molar-refractivity contribution in [1.82, 2.24) is 5.32 Å². The highest BCUT2D eigenvalue weighted by Crippen LogP contribution is 2.31. The van der Waals surface area contributed by atoms with E-state index in [-0.39, 0.29) is 24.3 Å². The van der Waals surface area contributed by atoms with Gasteiger partial charge in [0.1, 0.15) is 6.54 Å². The molecular formula is C22H27ClN2O2. The first-order valence-corrected chi connectivity index (χ1v) is 9.56. The zero-order chi connectivity index (χ0) is 20.0. The van der Waals surface area contributed by atoms with E-state index in [4.69, 9.17) is 11.6 Å². The van der Waals surface area contributed by atoms with Crippen LogP contribution in [0.4, 0.5) is 5.69 Å². The molecule has 0 saturated heterocycles.